The number of halogens is 1. The van der Waals surface area contributed by atoms with Gasteiger partial charge in [-0.2, -0.15) is 0 Å². The van der Waals surface area contributed by atoms with Crippen molar-refractivity contribution in [1.29, 1.82) is 0 Å². The van der Waals surface area contributed by atoms with Crippen LogP contribution in [-0.2, 0) is 9.59 Å². The van der Waals surface area contributed by atoms with Crippen molar-refractivity contribution in [3.8, 4) is 5.75 Å². The Labute approximate surface area is 98.2 Å². The number of aromatic hydroxyl groups is 1. The number of phenols is 1. The molecular weight excluding hydrogens is 230 g/mol. The van der Waals surface area contributed by atoms with Gasteiger partial charge in [-0.3, -0.25) is 9.59 Å². The van der Waals surface area contributed by atoms with Gasteiger partial charge in [0.2, 0.25) is 11.1 Å². The molecule has 1 rings (SSSR count). The fraction of sp³-hybridized carbons (Fsp3) is 0.273. The number of nitrogens with one attached hydrogen (secondary N) is 1. The van der Waals surface area contributed by atoms with Gasteiger partial charge in [-0.25, -0.2) is 0 Å². The molecule has 1 aromatic rings. The van der Waals surface area contributed by atoms with Crippen LogP contribution in [0.15, 0.2) is 18.2 Å². The van der Waals surface area contributed by atoms with Crippen molar-refractivity contribution >= 4 is 28.4 Å². The van der Waals surface area contributed by atoms with E-state index in [0.29, 0.717) is 5.69 Å². The molecule has 0 radical (unpaired) electrons. The van der Waals surface area contributed by atoms with Gasteiger partial charge in [-0.05, 0) is 42.3 Å². The second kappa shape index (κ2) is 5.51. The lowest BCUT2D eigenvalue weighted by Crippen LogP contribution is -2.12. The van der Waals surface area contributed by atoms with E-state index in [1.165, 1.54) is 6.07 Å². The maximum absolute atomic E-state index is 11.4. The molecule has 0 spiro atoms. The van der Waals surface area contributed by atoms with E-state index in [1.54, 1.807) is 19.1 Å². The fourth-order valence-electron chi connectivity index (χ4n) is 1.21. The molecule has 0 aliphatic rings. The quantitative estimate of drug-likeness (QED) is 0.627. The third kappa shape index (κ3) is 3.90. The Hall–Kier alpha value is -1.55. The number of aryl methyl sites for hydroxylation is 1. The molecule has 1 aromatic carbocycles. The number of carbonyl (C=O) groups excluding carboxylic acids is 2. The van der Waals surface area contributed by atoms with Gasteiger partial charge in [0.1, 0.15) is 5.75 Å². The maximum atomic E-state index is 11.4. The summed E-state index contributed by atoms with van der Waals surface area (Å²) in [5.41, 5.74) is 1.37. The Morgan fingerprint density at radius 1 is 1.38 bits per heavy atom. The lowest BCUT2D eigenvalue weighted by atomic mass is 10.2. The molecule has 4 nitrogen and oxygen atoms in total. The number of rotatable bonds is 4. The first-order valence-corrected chi connectivity index (χ1v) is 5.14. The third-order valence-corrected chi connectivity index (χ3v) is 2.22. The summed E-state index contributed by atoms with van der Waals surface area (Å²) in [6.07, 6.45) is 0.0766. The number of anilines is 1. The normalized spacial score (nSPS) is 9.88. The summed E-state index contributed by atoms with van der Waals surface area (Å²) in [6.45, 7) is 1.77. The van der Waals surface area contributed by atoms with Gasteiger partial charge in [-0.15, -0.1) is 0 Å². The highest BCUT2D eigenvalue weighted by molar-refractivity contribution is 6.63. The van der Waals surface area contributed by atoms with E-state index < -0.39 is 5.24 Å². The van der Waals surface area contributed by atoms with Crippen molar-refractivity contribution in [3.63, 3.8) is 0 Å². The highest BCUT2D eigenvalue weighted by Crippen LogP contribution is 2.20. The molecule has 0 heterocycles. The monoisotopic (exact) mass is 241 g/mol. The second-order valence-electron chi connectivity index (χ2n) is 3.40. The molecule has 86 valence electrons. The highest BCUT2D eigenvalue weighted by atomic mass is 35.5. The zero-order valence-electron chi connectivity index (χ0n) is 8.79. The van der Waals surface area contributed by atoms with Crippen LogP contribution >= 0.6 is 11.6 Å². The largest absolute Gasteiger partial charge is 0.508 e. The smallest absolute Gasteiger partial charge is 0.224 e. The summed E-state index contributed by atoms with van der Waals surface area (Å²) in [5, 5.41) is 11.3. The number of phenolic OH excluding ortho intramolecular Hbond substituents is 1. The minimum atomic E-state index is -0.530. The summed E-state index contributed by atoms with van der Waals surface area (Å²) in [6, 6.07) is 4.63. The molecule has 0 unspecified atom stereocenters. The molecular formula is C11H12ClNO3. The number of hydrogen-bond acceptors (Lipinski definition) is 3. The van der Waals surface area contributed by atoms with Crippen molar-refractivity contribution in [2.75, 3.05) is 5.32 Å². The minimum absolute atomic E-state index is 0.0184. The van der Waals surface area contributed by atoms with Gasteiger partial charge < -0.3 is 10.4 Å². The topological polar surface area (TPSA) is 66.4 Å². The number of hydrogen-bond donors (Lipinski definition) is 2. The SMILES string of the molecule is Cc1cc(O)ccc1NC(=O)CCC(=O)Cl. The maximum Gasteiger partial charge on any atom is 0.224 e. The lowest BCUT2D eigenvalue weighted by molar-refractivity contribution is -0.119. The Balaban J connectivity index is 2.59. The Morgan fingerprint density at radius 2 is 2.06 bits per heavy atom. The molecule has 5 heteroatoms. The molecule has 0 bridgehead atoms. The van der Waals surface area contributed by atoms with Crippen LogP contribution in [0.5, 0.6) is 5.75 Å². The first-order valence-electron chi connectivity index (χ1n) is 4.77. The summed E-state index contributed by atoms with van der Waals surface area (Å²) in [7, 11) is 0. The number of carbonyl (C=O) groups is 2. The first-order chi connectivity index (χ1) is 7.49. The molecule has 0 atom stereocenters. The second-order valence-corrected chi connectivity index (χ2v) is 3.82. The third-order valence-electron chi connectivity index (χ3n) is 2.03. The van der Waals surface area contributed by atoms with E-state index >= 15 is 0 Å². The van der Waals surface area contributed by atoms with Gasteiger partial charge in [0, 0.05) is 18.5 Å². The summed E-state index contributed by atoms with van der Waals surface area (Å²) >= 11 is 5.12. The minimum Gasteiger partial charge on any atom is -0.508 e. The van der Waals surface area contributed by atoms with Crippen molar-refractivity contribution in [3.05, 3.63) is 23.8 Å². The predicted molar refractivity (Wildman–Crippen MR) is 61.6 cm³/mol. The molecule has 0 saturated heterocycles. The zero-order chi connectivity index (χ0) is 12.1. The predicted octanol–water partition coefficient (Wildman–Crippen LogP) is 2.18. The van der Waals surface area contributed by atoms with Crippen molar-refractivity contribution in [2.45, 2.75) is 19.8 Å². The van der Waals surface area contributed by atoms with Crippen LogP contribution in [0.25, 0.3) is 0 Å². The van der Waals surface area contributed by atoms with Crippen LogP contribution in [0.1, 0.15) is 18.4 Å². The van der Waals surface area contributed by atoms with Crippen LogP contribution in [0.3, 0.4) is 0 Å². The van der Waals surface area contributed by atoms with E-state index in [1.807, 2.05) is 0 Å². The van der Waals surface area contributed by atoms with Gasteiger partial charge >= 0.3 is 0 Å². The van der Waals surface area contributed by atoms with Crippen LogP contribution in [0.2, 0.25) is 0 Å². The molecule has 0 aliphatic heterocycles. The number of benzene rings is 1. The van der Waals surface area contributed by atoms with Crippen LogP contribution in [-0.4, -0.2) is 16.3 Å². The average Bonchev–Trinajstić information content (AvgIpc) is 2.19. The summed E-state index contributed by atoms with van der Waals surface area (Å²) in [5.74, 6) is -0.130. The average molecular weight is 242 g/mol. The van der Waals surface area contributed by atoms with Gasteiger partial charge in [0.15, 0.2) is 0 Å². The standard InChI is InChI=1S/C11H12ClNO3/c1-7-6-8(14)2-3-9(7)13-11(16)5-4-10(12)15/h2-3,6,14H,4-5H2,1H3,(H,13,16). The molecule has 0 aliphatic carbocycles. The van der Waals surface area contributed by atoms with E-state index in [-0.39, 0.29) is 24.5 Å². The van der Waals surface area contributed by atoms with Gasteiger partial charge in [0.25, 0.3) is 0 Å². The van der Waals surface area contributed by atoms with E-state index in [9.17, 15) is 14.7 Å². The van der Waals surface area contributed by atoms with Crippen molar-refractivity contribution in [2.24, 2.45) is 0 Å². The van der Waals surface area contributed by atoms with Crippen LogP contribution in [0.4, 0.5) is 5.69 Å². The Morgan fingerprint density at radius 3 is 2.62 bits per heavy atom. The summed E-state index contributed by atoms with van der Waals surface area (Å²) < 4.78 is 0. The van der Waals surface area contributed by atoms with Gasteiger partial charge in [0.05, 0.1) is 0 Å². The first kappa shape index (κ1) is 12.5. The molecule has 0 saturated carbocycles. The van der Waals surface area contributed by atoms with Crippen LogP contribution in [0, 0.1) is 6.92 Å². The van der Waals surface area contributed by atoms with Crippen LogP contribution < -0.4 is 5.32 Å². The Bertz CT molecular complexity index is 418. The fourth-order valence-corrected chi connectivity index (χ4v) is 1.31. The van der Waals surface area contributed by atoms with Crippen molar-refractivity contribution in [1.82, 2.24) is 0 Å². The van der Waals surface area contributed by atoms with Crippen molar-refractivity contribution < 1.29 is 14.7 Å². The van der Waals surface area contributed by atoms with E-state index in [0.717, 1.165) is 5.56 Å². The molecule has 2 N–H and O–H groups in total. The molecule has 1 amide bonds. The number of amides is 1. The molecule has 16 heavy (non-hydrogen) atoms. The van der Waals surface area contributed by atoms with E-state index in [4.69, 9.17) is 11.6 Å². The molecule has 0 fully saturated rings. The molecule has 0 aromatic heterocycles. The van der Waals surface area contributed by atoms with Gasteiger partial charge in [-0.1, -0.05) is 0 Å². The Kier molecular flexibility index (Phi) is 4.31. The highest BCUT2D eigenvalue weighted by Gasteiger charge is 2.07. The van der Waals surface area contributed by atoms with E-state index in [2.05, 4.69) is 5.32 Å². The summed E-state index contributed by atoms with van der Waals surface area (Å²) in [4.78, 5) is 21.8. The zero-order valence-corrected chi connectivity index (χ0v) is 9.54. The lowest BCUT2D eigenvalue weighted by Gasteiger charge is -2.07.